The van der Waals surface area contributed by atoms with Gasteiger partial charge in [0.15, 0.2) is 5.54 Å². The molecule has 30 heavy (non-hydrogen) atoms. The number of pyridine rings is 1. The molecule has 1 N–H and O–H groups in total. The van der Waals surface area contributed by atoms with E-state index in [2.05, 4.69) is 20.9 Å². The van der Waals surface area contributed by atoms with Gasteiger partial charge in [0.05, 0.1) is 10.6 Å². The highest BCUT2D eigenvalue weighted by Crippen LogP contribution is 2.38. The van der Waals surface area contributed by atoms with E-state index in [1.807, 2.05) is 4.72 Å². The highest BCUT2D eigenvalue weighted by Gasteiger charge is 2.58. The van der Waals surface area contributed by atoms with Gasteiger partial charge in [-0.1, -0.05) is 31.5 Å². The summed E-state index contributed by atoms with van der Waals surface area (Å²) in [5.41, 5.74) is -1.64. The first-order valence-corrected chi connectivity index (χ1v) is 11.5. The Kier molecular flexibility index (Phi) is 7.58. The molecule has 2 rings (SSSR count). The summed E-state index contributed by atoms with van der Waals surface area (Å²) in [6, 6.07) is 8.63. The second-order valence-corrected chi connectivity index (χ2v) is 10.1. The van der Waals surface area contributed by atoms with E-state index in [0.717, 1.165) is 5.56 Å². The van der Waals surface area contributed by atoms with Crippen molar-refractivity contribution in [3.05, 3.63) is 52.3 Å². The van der Waals surface area contributed by atoms with Crippen LogP contribution in [0.4, 0.5) is 13.2 Å². The molecule has 0 fully saturated rings. The predicted molar refractivity (Wildman–Crippen MR) is 112 cm³/mol. The lowest BCUT2D eigenvalue weighted by Crippen LogP contribution is -2.62. The van der Waals surface area contributed by atoms with E-state index >= 15 is 0 Å². The van der Waals surface area contributed by atoms with Gasteiger partial charge in [0, 0.05) is 0 Å². The zero-order valence-electron chi connectivity index (χ0n) is 17.0. The fourth-order valence-electron chi connectivity index (χ4n) is 2.99. The largest absolute Gasteiger partial charge is 0.489 e. The number of sulfonamides is 1. The molecule has 0 aliphatic rings. The van der Waals surface area contributed by atoms with E-state index in [1.54, 1.807) is 27.7 Å². The molecule has 0 saturated carbocycles. The molecule has 0 radical (unpaired) electrons. The van der Waals surface area contributed by atoms with Gasteiger partial charge in [0.1, 0.15) is 17.0 Å². The zero-order chi connectivity index (χ0) is 22.7. The summed E-state index contributed by atoms with van der Waals surface area (Å²) < 4.78 is 76.4. The van der Waals surface area contributed by atoms with Crippen LogP contribution in [0, 0.1) is 19.8 Å². The number of aromatic nitrogens is 1. The smallest absolute Gasteiger partial charge is 0.410 e. The summed E-state index contributed by atoms with van der Waals surface area (Å²) in [7, 11) is -4.46. The normalized spacial score (nSPS) is 14.6. The van der Waals surface area contributed by atoms with Crippen LogP contribution in [0.2, 0.25) is 0 Å². The lowest BCUT2D eigenvalue weighted by molar-refractivity contribution is -0.203. The average Bonchev–Trinajstić information content (AvgIpc) is 2.59. The first kappa shape index (κ1) is 24.6. The first-order chi connectivity index (χ1) is 13.8. The number of nitrogens with zero attached hydrogens (tertiary/aromatic N) is 1. The van der Waals surface area contributed by atoms with Gasteiger partial charge in [-0.3, -0.25) is 0 Å². The fourth-order valence-corrected chi connectivity index (χ4v) is 4.77. The summed E-state index contributed by atoms with van der Waals surface area (Å²) in [5.74, 6) is -0.315. The van der Waals surface area contributed by atoms with Crippen molar-refractivity contribution in [2.45, 2.75) is 50.7 Å². The van der Waals surface area contributed by atoms with Crippen molar-refractivity contribution in [2.24, 2.45) is 5.92 Å². The minimum absolute atomic E-state index is 0.144. The van der Waals surface area contributed by atoms with E-state index in [0.29, 0.717) is 10.3 Å². The Morgan fingerprint density at radius 1 is 1.10 bits per heavy atom. The van der Waals surface area contributed by atoms with Gasteiger partial charge < -0.3 is 4.74 Å². The number of hydrogen-bond donors (Lipinski definition) is 1. The molecule has 1 aromatic carbocycles. The van der Waals surface area contributed by atoms with Crippen LogP contribution < -0.4 is 9.46 Å². The maximum Gasteiger partial charge on any atom is 0.410 e. The Balaban J connectivity index is 2.45. The maximum atomic E-state index is 14.3. The molecular weight excluding hydrogens is 485 g/mol. The number of hydrogen-bond acceptors (Lipinski definition) is 4. The molecular formula is C20H24BrF3N2O3S. The molecule has 0 bridgehead atoms. The van der Waals surface area contributed by atoms with Crippen LogP contribution >= 0.6 is 15.9 Å². The zero-order valence-corrected chi connectivity index (χ0v) is 19.5. The van der Waals surface area contributed by atoms with Gasteiger partial charge in [-0.05, 0) is 66.4 Å². The summed E-state index contributed by atoms with van der Waals surface area (Å²) >= 11 is 3.18. The van der Waals surface area contributed by atoms with E-state index in [1.165, 1.54) is 36.4 Å². The molecule has 1 unspecified atom stereocenters. The Labute approximate surface area is 183 Å². The summed E-state index contributed by atoms with van der Waals surface area (Å²) in [5, 5.41) is 0. The van der Waals surface area contributed by atoms with E-state index in [9.17, 15) is 21.6 Å². The first-order valence-electron chi connectivity index (χ1n) is 9.19. The van der Waals surface area contributed by atoms with Gasteiger partial charge in [-0.15, -0.1) is 0 Å². The highest BCUT2D eigenvalue weighted by molar-refractivity contribution is 9.10. The van der Waals surface area contributed by atoms with E-state index in [-0.39, 0.29) is 10.6 Å². The van der Waals surface area contributed by atoms with Gasteiger partial charge in [0.25, 0.3) is 0 Å². The van der Waals surface area contributed by atoms with Crippen LogP contribution in [0.5, 0.6) is 5.75 Å². The van der Waals surface area contributed by atoms with Crippen LogP contribution in [-0.2, 0) is 10.0 Å². The Morgan fingerprint density at radius 2 is 1.70 bits per heavy atom. The predicted octanol–water partition coefficient (Wildman–Crippen LogP) is 5.17. The van der Waals surface area contributed by atoms with Crippen molar-refractivity contribution in [1.82, 2.24) is 9.71 Å². The Morgan fingerprint density at radius 3 is 2.20 bits per heavy atom. The quantitative estimate of drug-likeness (QED) is 0.499. The van der Waals surface area contributed by atoms with Crippen molar-refractivity contribution in [2.75, 3.05) is 6.61 Å². The molecule has 166 valence electrons. The van der Waals surface area contributed by atoms with Gasteiger partial charge >= 0.3 is 6.18 Å². The number of ether oxygens (including phenoxy) is 1. The Hall–Kier alpha value is -1.65. The van der Waals surface area contributed by atoms with E-state index in [4.69, 9.17) is 4.74 Å². The van der Waals surface area contributed by atoms with Crippen molar-refractivity contribution >= 4 is 26.0 Å². The summed E-state index contributed by atoms with van der Waals surface area (Å²) in [6.45, 7) is 5.60. The molecule has 0 amide bonds. The molecule has 1 aromatic heterocycles. The highest BCUT2D eigenvalue weighted by atomic mass is 79.9. The number of rotatable bonds is 8. The molecule has 0 aliphatic heterocycles. The minimum Gasteiger partial charge on any atom is -0.489 e. The minimum atomic E-state index is -4.90. The number of aryl methyl sites for hydroxylation is 2. The third-order valence-electron chi connectivity index (χ3n) is 4.44. The number of nitrogens with one attached hydrogen (secondary N) is 1. The average molecular weight is 509 g/mol. The fraction of sp³-hybridized carbons (Fsp3) is 0.450. The van der Waals surface area contributed by atoms with Crippen LogP contribution in [-0.4, -0.2) is 31.7 Å². The van der Waals surface area contributed by atoms with Crippen LogP contribution in [0.15, 0.2) is 45.9 Å². The van der Waals surface area contributed by atoms with Gasteiger partial charge in [0.2, 0.25) is 10.0 Å². The molecule has 2 aromatic rings. The standard InChI is InChI=1S/C20H24BrF3N2O3S/c1-13(2)11-19(20(22,23)24,12-29-17-9-10-18(21)25-15(17)4)26-30(27,28)16-7-5-14(3)6-8-16/h5-10,13,26H,11-12H2,1-4H3. The van der Waals surface area contributed by atoms with E-state index < -0.39 is 40.7 Å². The van der Waals surface area contributed by atoms with Crippen LogP contribution in [0.1, 0.15) is 31.5 Å². The third-order valence-corrected chi connectivity index (χ3v) is 6.43. The van der Waals surface area contributed by atoms with Crippen LogP contribution in [0.3, 0.4) is 0 Å². The molecule has 10 heteroatoms. The topological polar surface area (TPSA) is 68.3 Å². The second-order valence-electron chi connectivity index (χ2n) is 7.60. The monoisotopic (exact) mass is 508 g/mol. The second kappa shape index (κ2) is 9.23. The maximum absolute atomic E-state index is 14.3. The molecule has 0 spiro atoms. The van der Waals surface area contributed by atoms with Crippen LogP contribution in [0.25, 0.3) is 0 Å². The van der Waals surface area contributed by atoms with Crippen molar-refractivity contribution in [3.63, 3.8) is 0 Å². The molecule has 5 nitrogen and oxygen atoms in total. The van der Waals surface area contributed by atoms with Gasteiger partial charge in [-0.25, -0.2) is 13.4 Å². The lowest BCUT2D eigenvalue weighted by Gasteiger charge is -2.37. The molecule has 1 atom stereocenters. The molecule has 0 aliphatic carbocycles. The van der Waals surface area contributed by atoms with Crippen molar-refractivity contribution in [3.8, 4) is 5.75 Å². The van der Waals surface area contributed by atoms with Crippen molar-refractivity contribution in [1.29, 1.82) is 0 Å². The summed E-state index contributed by atoms with van der Waals surface area (Å²) in [4.78, 5) is 3.86. The number of alkyl halides is 3. The molecule has 0 saturated heterocycles. The number of halogens is 4. The SMILES string of the molecule is Cc1ccc(S(=O)(=O)NC(COc2ccc(Br)nc2C)(CC(C)C)C(F)(F)F)cc1. The van der Waals surface area contributed by atoms with Gasteiger partial charge in [-0.2, -0.15) is 17.9 Å². The lowest BCUT2D eigenvalue weighted by atomic mass is 9.90. The van der Waals surface area contributed by atoms with Crippen molar-refractivity contribution < 1.29 is 26.3 Å². The third kappa shape index (κ3) is 5.95. The Bertz CT molecular complexity index is 980. The molecule has 1 heterocycles. The summed E-state index contributed by atoms with van der Waals surface area (Å²) in [6.07, 6.45) is -5.39. The number of benzene rings is 1.